The zero-order chi connectivity index (χ0) is 24.7. The highest BCUT2D eigenvalue weighted by molar-refractivity contribution is 5.89. The molecule has 3 atom stereocenters. The molecule has 34 heavy (non-hydrogen) atoms. The number of hydrogen-bond acceptors (Lipinski definition) is 6. The van der Waals surface area contributed by atoms with E-state index in [1.165, 1.54) is 14.2 Å². The summed E-state index contributed by atoms with van der Waals surface area (Å²) in [5, 5.41) is 14.3. The fourth-order valence-corrected chi connectivity index (χ4v) is 4.05. The summed E-state index contributed by atoms with van der Waals surface area (Å²) in [6.45, 7) is 1.83. The molecule has 1 aliphatic carbocycles. The van der Waals surface area contributed by atoms with Crippen molar-refractivity contribution in [1.29, 1.82) is 0 Å². The number of aliphatic carboxylic acids is 1. The van der Waals surface area contributed by atoms with E-state index in [1.807, 2.05) is 48.5 Å². The van der Waals surface area contributed by atoms with Gasteiger partial charge in [0, 0.05) is 33.2 Å². The largest absolute Gasteiger partial charge is 0.480 e. The number of carboxylic acid groups (broad SMARTS) is 1. The highest BCUT2D eigenvalue weighted by atomic mass is 16.5. The summed E-state index contributed by atoms with van der Waals surface area (Å²) in [6, 6.07) is 13.6. The van der Waals surface area contributed by atoms with Gasteiger partial charge < -0.3 is 30.0 Å². The second kappa shape index (κ2) is 11.6. The monoisotopic (exact) mass is 470 g/mol. The summed E-state index contributed by atoms with van der Waals surface area (Å²) in [5.74, 6) is -2.02. The Morgan fingerprint density at radius 3 is 2.09 bits per heavy atom. The zero-order valence-corrected chi connectivity index (χ0v) is 19.4. The number of nitrogens with one attached hydrogen (secondary N) is 2. The molecule has 3 rings (SSSR count). The van der Waals surface area contributed by atoms with Gasteiger partial charge in [-0.15, -0.1) is 0 Å². The Morgan fingerprint density at radius 1 is 0.971 bits per heavy atom. The third-order valence-corrected chi connectivity index (χ3v) is 5.97. The third kappa shape index (κ3) is 5.73. The first kappa shape index (κ1) is 25.2. The van der Waals surface area contributed by atoms with Crippen molar-refractivity contribution >= 4 is 18.0 Å². The first-order chi connectivity index (χ1) is 16.4. The molecule has 0 saturated heterocycles. The lowest BCUT2D eigenvalue weighted by molar-refractivity contribution is -0.143. The van der Waals surface area contributed by atoms with Crippen molar-refractivity contribution in [3.63, 3.8) is 0 Å². The number of hydrogen-bond donors (Lipinski definition) is 3. The molecule has 0 heterocycles. The average Bonchev–Trinajstić information content (AvgIpc) is 3.16. The summed E-state index contributed by atoms with van der Waals surface area (Å²) in [7, 11) is 2.83. The van der Waals surface area contributed by atoms with E-state index < -0.39 is 36.2 Å². The molecule has 0 radical (unpaired) electrons. The Hall–Kier alpha value is -3.43. The van der Waals surface area contributed by atoms with Gasteiger partial charge in [-0.2, -0.15) is 0 Å². The molecular weight excluding hydrogens is 440 g/mol. The Bertz CT molecular complexity index is 980. The minimum absolute atomic E-state index is 0.0800. The molecule has 0 spiro atoms. The summed E-state index contributed by atoms with van der Waals surface area (Å²) in [4.78, 5) is 36.9. The molecule has 0 saturated carbocycles. The SMILES string of the molecule is COCCC(NC(=O)C(NC(=O)OCC1c2ccccc2-c2ccccc21)C(C)OC)C(=O)O. The lowest BCUT2D eigenvalue weighted by Gasteiger charge is -2.25. The lowest BCUT2D eigenvalue weighted by Crippen LogP contribution is -2.56. The van der Waals surface area contributed by atoms with Crippen LogP contribution in [0.2, 0.25) is 0 Å². The predicted molar refractivity (Wildman–Crippen MR) is 125 cm³/mol. The number of ether oxygens (including phenoxy) is 3. The number of carbonyl (C=O) groups is 3. The molecule has 3 unspecified atom stereocenters. The minimum atomic E-state index is -1.20. The molecule has 9 heteroatoms. The van der Waals surface area contributed by atoms with Gasteiger partial charge in [0.25, 0.3) is 0 Å². The molecule has 9 nitrogen and oxygen atoms in total. The van der Waals surface area contributed by atoms with E-state index in [4.69, 9.17) is 14.2 Å². The van der Waals surface area contributed by atoms with E-state index in [9.17, 15) is 19.5 Å². The maximum absolute atomic E-state index is 12.8. The molecule has 3 N–H and O–H groups in total. The van der Waals surface area contributed by atoms with Crippen LogP contribution in [0, 0.1) is 0 Å². The van der Waals surface area contributed by atoms with Crippen LogP contribution in [0.3, 0.4) is 0 Å². The van der Waals surface area contributed by atoms with Crippen LogP contribution in [0.4, 0.5) is 4.79 Å². The van der Waals surface area contributed by atoms with E-state index in [0.29, 0.717) is 0 Å². The number of fused-ring (bicyclic) bond motifs is 3. The molecule has 182 valence electrons. The van der Waals surface area contributed by atoms with Crippen molar-refractivity contribution in [3.05, 3.63) is 59.7 Å². The van der Waals surface area contributed by atoms with E-state index in [0.717, 1.165) is 22.3 Å². The van der Waals surface area contributed by atoms with Gasteiger partial charge in [0.1, 0.15) is 18.7 Å². The van der Waals surface area contributed by atoms with Crippen LogP contribution in [-0.2, 0) is 23.8 Å². The molecule has 0 fully saturated rings. The topological polar surface area (TPSA) is 123 Å². The van der Waals surface area contributed by atoms with Gasteiger partial charge in [-0.25, -0.2) is 9.59 Å². The molecule has 2 aromatic rings. The first-order valence-electron chi connectivity index (χ1n) is 11.0. The number of carbonyl (C=O) groups excluding carboxylic acids is 2. The Labute approximate surface area is 198 Å². The molecule has 2 aromatic carbocycles. The van der Waals surface area contributed by atoms with Crippen LogP contribution in [-0.4, -0.2) is 68.7 Å². The number of benzene rings is 2. The fourth-order valence-electron chi connectivity index (χ4n) is 4.05. The zero-order valence-electron chi connectivity index (χ0n) is 19.4. The van der Waals surface area contributed by atoms with Crippen LogP contribution >= 0.6 is 0 Å². The number of alkyl carbamates (subject to hydrolysis) is 1. The average molecular weight is 471 g/mol. The van der Waals surface area contributed by atoms with Gasteiger partial charge in [0.15, 0.2) is 0 Å². The molecule has 2 amide bonds. The number of rotatable bonds is 11. The van der Waals surface area contributed by atoms with Gasteiger partial charge in [0.05, 0.1) is 6.10 Å². The number of carboxylic acids is 1. The quantitative estimate of drug-likeness (QED) is 0.461. The summed E-state index contributed by atoms with van der Waals surface area (Å²) >= 11 is 0. The maximum atomic E-state index is 12.8. The lowest BCUT2D eigenvalue weighted by atomic mass is 9.98. The van der Waals surface area contributed by atoms with Crippen LogP contribution in [0.1, 0.15) is 30.4 Å². The molecule has 0 aromatic heterocycles. The Balaban J connectivity index is 1.66. The fraction of sp³-hybridized carbons (Fsp3) is 0.400. The van der Waals surface area contributed by atoms with Crippen LogP contribution < -0.4 is 10.6 Å². The highest BCUT2D eigenvalue weighted by Gasteiger charge is 2.32. The summed E-state index contributed by atoms with van der Waals surface area (Å²) < 4.78 is 15.6. The number of methoxy groups -OCH3 is 2. The summed E-state index contributed by atoms with van der Waals surface area (Å²) in [6.07, 6.45) is -1.44. The molecule has 0 bridgehead atoms. The third-order valence-electron chi connectivity index (χ3n) is 5.97. The summed E-state index contributed by atoms with van der Waals surface area (Å²) in [5.41, 5.74) is 4.35. The van der Waals surface area contributed by atoms with Crippen molar-refractivity contribution in [3.8, 4) is 11.1 Å². The molecular formula is C25H30N2O7. The minimum Gasteiger partial charge on any atom is -0.480 e. The van der Waals surface area contributed by atoms with Gasteiger partial charge in [-0.05, 0) is 29.2 Å². The van der Waals surface area contributed by atoms with Crippen LogP contribution in [0.25, 0.3) is 11.1 Å². The van der Waals surface area contributed by atoms with Gasteiger partial charge in [0.2, 0.25) is 5.91 Å². The Morgan fingerprint density at radius 2 is 1.56 bits per heavy atom. The predicted octanol–water partition coefficient (Wildman–Crippen LogP) is 2.53. The maximum Gasteiger partial charge on any atom is 0.407 e. The van der Waals surface area contributed by atoms with E-state index in [-0.39, 0.29) is 25.6 Å². The molecule has 1 aliphatic rings. The first-order valence-corrected chi connectivity index (χ1v) is 11.0. The second-order valence-electron chi connectivity index (χ2n) is 8.07. The Kier molecular flexibility index (Phi) is 8.61. The van der Waals surface area contributed by atoms with Crippen molar-refractivity contribution in [2.24, 2.45) is 0 Å². The van der Waals surface area contributed by atoms with Crippen molar-refractivity contribution in [2.45, 2.75) is 37.5 Å². The van der Waals surface area contributed by atoms with Crippen LogP contribution in [0.5, 0.6) is 0 Å². The normalized spacial score (nSPS) is 14.9. The standard InChI is InChI=1S/C25H30N2O7/c1-15(33-3)22(23(28)26-21(24(29)30)12-13-32-2)27-25(31)34-14-20-18-10-6-4-8-16(18)17-9-5-7-11-19(17)20/h4-11,15,20-22H,12-14H2,1-3H3,(H,26,28)(H,27,31)(H,29,30). The smallest absolute Gasteiger partial charge is 0.407 e. The number of amides is 2. The second-order valence-corrected chi connectivity index (χ2v) is 8.07. The van der Waals surface area contributed by atoms with E-state index in [1.54, 1.807) is 6.92 Å². The van der Waals surface area contributed by atoms with Crippen molar-refractivity contribution in [1.82, 2.24) is 10.6 Å². The van der Waals surface area contributed by atoms with Crippen LogP contribution in [0.15, 0.2) is 48.5 Å². The van der Waals surface area contributed by atoms with E-state index in [2.05, 4.69) is 10.6 Å². The molecule has 0 aliphatic heterocycles. The van der Waals surface area contributed by atoms with Crippen molar-refractivity contribution in [2.75, 3.05) is 27.4 Å². The van der Waals surface area contributed by atoms with Crippen molar-refractivity contribution < 1.29 is 33.7 Å². The van der Waals surface area contributed by atoms with E-state index >= 15 is 0 Å². The highest BCUT2D eigenvalue weighted by Crippen LogP contribution is 2.44. The van der Waals surface area contributed by atoms with Gasteiger partial charge in [-0.3, -0.25) is 4.79 Å². The van der Waals surface area contributed by atoms with Gasteiger partial charge >= 0.3 is 12.1 Å². The van der Waals surface area contributed by atoms with Gasteiger partial charge in [-0.1, -0.05) is 48.5 Å².